The molecular weight excluding hydrogens is 270 g/mol. The van der Waals surface area contributed by atoms with Crippen LogP contribution in [0.15, 0.2) is 47.5 Å². The molecule has 0 aliphatic heterocycles. The van der Waals surface area contributed by atoms with E-state index in [0.717, 1.165) is 17.1 Å². The molecule has 0 unspecified atom stereocenters. The van der Waals surface area contributed by atoms with Crippen molar-refractivity contribution < 1.29 is 4.79 Å². The molecule has 0 aliphatic carbocycles. The number of rotatable bonds is 5. The van der Waals surface area contributed by atoms with E-state index in [0.29, 0.717) is 11.4 Å². The van der Waals surface area contributed by atoms with Crippen molar-refractivity contribution in [3.05, 3.63) is 48.2 Å². The van der Waals surface area contributed by atoms with E-state index in [-0.39, 0.29) is 5.91 Å². The van der Waals surface area contributed by atoms with Gasteiger partial charge in [0.05, 0.1) is 5.69 Å². The summed E-state index contributed by atoms with van der Waals surface area (Å²) in [6.07, 6.45) is 3.62. The molecule has 5 heteroatoms. The van der Waals surface area contributed by atoms with Crippen molar-refractivity contribution in [1.29, 1.82) is 0 Å². The highest BCUT2D eigenvalue weighted by Crippen LogP contribution is 2.25. The minimum absolute atomic E-state index is 0.131. The maximum atomic E-state index is 12.3. The molecule has 1 amide bonds. The molecule has 0 atom stereocenters. The van der Waals surface area contributed by atoms with Gasteiger partial charge in [0.1, 0.15) is 5.82 Å². The standard InChI is InChI=1S/C15H17N3OS/c1-3-16-14-10-11(8-9-17-14)15(19)18-12-6-4-5-7-13(12)20-2/h4-10H,3H2,1-2H3,(H,16,17)(H,18,19). The number of benzene rings is 1. The van der Waals surface area contributed by atoms with Crippen molar-refractivity contribution >= 4 is 29.2 Å². The van der Waals surface area contributed by atoms with Gasteiger partial charge in [-0.25, -0.2) is 4.98 Å². The first kappa shape index (κ1) is 14.4. The molecule has 2 rings (SSSR count). The quantitative estimate of drug-likeness (QED) is 0.827. The fourth-order valence-electron chi connectivity index (χ4n) is 1.79. The molecule has 2 aromatic rings. The first-order chi connectivity index (χ1) is 9.74. The fraction of sp³-hybridized carbons (Fsp3) is 0.200. The first-order valence-electron chi connectivity index (χ1n) is 6.39. The van der Waals surface area contributed by atoms with Gasteiger partial charge in [-0.2, -0.15) is 0 Å². The van der Waals surface area contributed by atoms with Crippen LogP contribution >= 0.6 is 11.8 Å². The van der Waals surface area contributed by atoms with Gasteiger partial charge >= 0.3 is 0 Å². The van der Waals surface area contributed by atoms with Crippen LogP contribution in [0.4, 0.5) is 11.5 Å². The normalized spacial score (nSPS) is 10.1. The van der Waals surface area contributed by atoms with E-state index in [1.54, 1.807) is 30.1 Å². The number of hydrogen-bond acceptors (Lipinski definition) is 4. The second-order valence-electron chi connectivity index (χ2n) is 4.11. The van der Waals surface area contributed by atoms with E-state index in [1.807, 2.05) is 37.4 Å². The van der Waals surface area contributed by atoms with Crippen molar-refractivity contribution in [2.24, 2.45) is 0 Å². The molecule has 1 aromatic carbocycles. The van der Waals surface area contributed by atoms with E-state index in [9.17, 15) is 4.79 Å². The molecule has 0 saturated carbocycles. The average molecular weight is 287 g/mol. The molecule has 0 aliphatic rings. The summed E-state index contributed by atoms with van der Waals surface area (Å²) in [5, 5.41) is 6.03. The molecular formula is C15H17N3OS. The maximum Gasteiger partial charge on any atom is 0.255 e. The Kier molecular flexibility index (Phi) is 5.01. The largest absolute Gasteiger partial charge is 0.370 e. The molecule has 4 nitrogen and oxygen atoms in total. The minimum atomic E-state index is -0.131. The predicted octanol–water partition coefficient (Wildman–Crippen LogP) is 3.49. The van der Waals surface area contributed by atoms with Gasteiger partial charge in [0.15, 0.2) is 0 Å². The van der Waals surface area contributed by atoms with Crippen molar-refractivity contribution in [2.45, 2.75) is 11.8 Å². The maximum absolute atomic E-state index is 12.3. The summed E-state index contributed by atoms with van der Waals surface area (Å²) in [5.74, 6) is 0.575. The van der Waals surface area contributed by atoms with E-state index < -0.39 is 0 Å². The third kappa shape index (κ3) is 3.51. The lowest BCUT2D eigenvalue weighted by Crippen LogP contribution is -2.13. The van der Waals surface area contributed by atoms with Crippen LogP contribution < -0.4 is 10.6 Å². The Labute approximate surface area is 123 Å². The Balaban J connectivity index is 2.17. The number of anilines is 2. The number of nitrogens with zero attached hydrogens (tertiary/aromatic N) is 1. The van der Waals surface area contributed by atoms with Crippen molar-refractivity contribution in [2.75, 3.05) is 23.4 Å². The molecule has 1 heterocycles. The van der Waals surface area contributed by atoms with E-state index in [1.165, 1.54) is 0 Å². The summed E-state index contributed by atoms with van der Waals surface area (Å²) >= 11 is 1.60. The summed E-state index contributed by atoms with van der Waals surface area (Å²) < 4.78 is 0. The Morgan fingerprint density at radius 3 is 2.85 bits per heavy atom. The number of carbonyl (C=O) groups is 1. The number of carbonyl (C=O) groups excluding carboxylic acids is 1. The van der Waals surface area contributed by atoms with Crippen LogP contribution in [0, 0.1) is 0 Å². The molecule has 0 radical (unpaired) electrons. The monoisotopic (exact) mass is 287 g/mol. The third-order valence-corrected chi connectivity index (χ3v) is 3.53. The zero-order chi connectivity index (χ0) is 14.4. The van der Waals surface area contributed by atoms with Crippen LogP contribution in [0.1, 0.15) is 17.3 Å². The van der Waals surface area contributed by atoms with Crippen LogP contribution in [0.2, 0.25) is 0 Å². The minimum Gasteiger partial charge on any atom is -0.370 e. The highest BCUT2D eigenvalue weighted by atomic mass is 32.2. The highest BCUT2D eigenvalue weighted by molar-refractivity contribution is 7.98. The lowest BCUT2D eigenvalue weighted by Gasteiger charge is -2.10. The molecule has 20 heavy (non-hydrogen) atoms. The lowest BCUT2D eigenvalue weighted by molar-refractivity contribution is 0.102. The Morgan fingerprint density at radius 2 is 2.10 bits per heavy atom. The summed E-state index contributed by atoms with van der Waals surface area (Å²) in [6, 6.07) is 11.2. The fourth-order valence-corrected chi connectivity index (χ4v) is 2.35. The van der Waals surface area contributed by atoms with Crippen molar-refractivity contribution in [3.63, 3.8) is 0 Å². The van der Waals surface area contributed by atoms with Gasteiger partial charge in [-0.05, 0) is 37.4 Å². The van der Waals surface area contributed by atoms with Crippen LogP contribution in [-0.2, 0) is 0 Å². The summed E-state index contributed by atoms with van der Waals surface area (Å²) in [6.45, 7) is 2.76. The SMILES string of the molecule is CCNc1cc(C(=O)Nc2ccccc2SC)ccn1. The number of pyridine rings is 1. The molecule has 0 saturated heterocycles. The van der Waals surface area contributed by atoms with Gasteiger partial charge in [-0.3, -0.25) is 4.79 Å². The number of aromatic nitrogens is 1. The van der Waals surface area contributed by atoms with Crippen molar-refractivity contribution in [1.82, 2.24) is 4.98 Å². The van der Waals surface area contributed by atoms with Gasteiger partial charge in [0.2, 0.25) is 0 Å². The number of amides is 1. The first-order valence-corrected chi connectivity index (χ1v) is 7.61. The lowest BCUT2D eigenvalue weighted by atomic mass is 10.2. The predicted molar refractivity (Wildman–Crippen MR) is 84.6 cm³/mol. The summed E-state index contributed by atoms with van der Waals surface area (Å²) in [7, 11) is 0. The van der Waals surface area contributed by atoms with E-state index in [4.69, 9.17) is 0 Å². The molecule has 104 valence electrons. The zero-order valence-electron chi connectivity index (χ0n) is 11.5. The van der Waals surface area contributed by atoms with Gasteiger partial charge < -0.3 is 10.6 Å². The van der Waals surface area contributed by atoms with Gasteiger partial charge in [0.25, 0.3) is 5.91 Å². The second-order valence-corrected chi connectivity index (χ2v) is 4.96. The van der Waals surface area contributed by atoms with Crippen LogP contribution in [0.25, 0.3) is 0 Å². The van der Waals surface area contributed by atoms with Crippen LogP contribution in [-0.4, -0.2) is 23.7 Å². The van der Waals surface area contributed by atoms with Crippen LogP contribution in [0.3, 0.4) is 0 Å². The second kappa shape index (κ2) is 6.96. The molecule has 1 aromatic heterocycles. The topological polar surface area (TPSA) is 54.0 Å². The molecule has 0 bridgehead atoms. The Morgan fingerprint density at radius 1 is 1.30 bits per heavy atom. The third-order valence-electron chi connectivity index (χ3n) is 2.74. The zero-order valence-corrected chi connectivity index (χ0v) is 12.3. The highest BCUT2D eigenvalue weighted by Gasteiger charge is 2.09. The van der Waals surface area contributed by atoms with Gasteiger partial charge in [0, 0.05) is 23.2 Å². The Bertz CT molecular complexity index is 601. The molecule has 2 N–H and O–H groups in total. The molecule has 0 spiro atoms. The van der Waals surface area contributed by atoms with E-state index in [2.05, 4.69) is 15.6 Å². The van der Waals surface area contributed by atoms with Crippen molar-refractivity contribution in [3.8, 4) is 0 Å². The van der Waals surface area contributed by atoms with E-state index >= 15 is 0 Å². The number of para-hydroxylation sites is 1. The number of thioether (sulfide) groups is 1. The van der Waals surface area contributed by atoms with Gasteiger partial charge in [-0.1, -0.05) is 12.1 Å². The molecule has 0 fully saturated rings. The average Bonchev–Trinajstić information content (AvgIpc) is 2.48. The van der Waals surface area contributed by atoms with Crippen LogP contribution in [0.5, 0.6) is 0 Å². The Hall–Kier alpha value is -2.01. The summed E-state index contributed by atoms with van der Waals surface area (Å²) in [4.78, 5) is 17.5. The smallest absolute Gasteiger partial charge is 0.255 e. The number of nitrogens with one attached hydrogen (secondary N) is 2. The number of hydrogen-bond donors (Lipinski definition) is 2. The summed E-state index contributed by atoms with van der Waals surface area (Å²) in [5.41, 5.74) is 1.42. The van der Waals surface area contributed by atoms with Gasteiger partial charge in [-0.15, -0.1) is 11.8 Å².